The number of amides is 1. The van der Waals surface area contributed by atoms with E-state index in [2.05, 4.69) is 11.4 Å². The highest BCUT2D eigenvalue weighted by atomic mass is 16.5. The number of allylic oxidation sites excluding steroid dienone is 1. The maximum absolute atomic E-state index is 12.2. The van der Waals surface area contributed by atoms with E-state index < -0.39 is 0 Å². The number of methoxy groups -OCH3 is 4. The third-order valence-corrected chi connectivity index (χ3v) is 4.58. The van der Waals surface area contributed by atoms with Gasteiger partial charge < -0.3 is 30.0 Å². The second-order valence-electron chi connectivity index (χ2n) is 6.46. The van der Waals surface area contributed by atoms with Crippen molar-refractivity contribution >= 4 is 17.2 Å². The molecule has 0 aliphatic rings. The standard InChI is InChI=1S/C23H27N3O5/c1-28-19-8-7-15(12-18(19)26-22(27)6-5-10-24)17(9-11-25)16-13-20(29-2)23(31-4)21(14-16)30-3/h7-9,12-14H,5-6,10,24H2,1-4H3,(H,26,27)/b17-9+. The van der Waals surface area contributed by atoms with Gasteiger partial charge in [0.2, 0.25) is 11.7 Å². The normalized spacial score (nSPS) is 10.8. The molecule has 0 aliphatic carbocycles. The van der Waals surface area contributed by atoms with E-state index >= 15 is 0 Å². The molecule has 0 aliphatic heterocycles. The van der Waals surface area contributed by atoms with Crippen molar-refractivity contribution in [2.24, 2.45) is 5.73 Å². The molecule has 3 N–H and O–H groups in total. The molecule has 0 bridgehead atoms. The van der Waals surface area contributed by atoms with Gasteiger partial charge in [0.05, 0.1) is 40.2 Å². The number of nitriles is 1. The van der Waals surface area contributed by atoms with E-state index in [1.54, 1.807) is 30.3 Å². The Morgan fingerprint density at radius 3 is 2.16 bits per heavy atom. The Morgan fingerprint density at radius 1 is 1.00 bits per heavy atom. The lowest BCUT2D eigenvalue weighted by molar-refractivity contribution is -0.116. The van der Waals surface area contributed by atoms with Crippen LogP contribution in [-0.2, 0) is 4.79 Å². The minimum absolute atomic E-state index is 0.167. The molecule has 2 rings (SSSR count). The van der Waals surface area contributed by atoms with Crippen LogP contribution >= 0.6 is 0 Å². The second-order valence-corrected chi connectivity index (χ2v) is 6.46. The first-order valence-electron chi connectivity index (χ1n) is 9.61. The van der Waals surface area contributed by atoms with Gasteiger partial charge in [-0.2, -0.15) is 5.26 Å². The SMILES string of the molecule is COc1ccc(/C(=C\C#N)c2cc(OC)c(OC)c(OC)c2)cc1NC(=O)CCCN. The minimum Gasteiger partial charge on any atom is -0.495 e. The van der Waals surface area contributed by atoms with E-state index in [4.69, 9.17) is 24.7 Å². The van der Waals surface area contributed by atoms with Crippen molar-refractivity contribution in [1.29, 1.82) is 5.26 Å². The quantitative estimate of drug-likeness (QED) is 0.561. The summed E-state index contributed by atoms with van der Waals surface area (Å²) in [5.74, 6) is 1.72. The number of carbonyl (C=O) groups is 1. The summed E-state index contributed by atoms with van der Waals surface area (Å²) in [4.78, 5) is 12.2. The van der Waals surface area contributed by atoms with Crippen LogP contribution in [0.2, 0.25) is 0 Å². The first-order valence-corrected chi connectivity index (χ1v) is 9.61. The molecule has 0 radical (unpaired) electrons. The molecule has 2 aromatic rings. The van der Waals surface area contributed by atoms with Crippen molar-refractivity contribution in [3.8, 4) is 29.1 Å². The molecule has 8 heteroatoms. The summed E-state index contributed by atoms with van der Waals surface area (Å²) in [5.41, 5.74) is 7.98. The Kier molecular flexibility index (Phi) is 8.73. The summed E-state index contributed by atoms with van der Waals surface area (Å²) in [6.07, 6.45) is 2.30. The van der Waals surface area contributed by atoms with Gasteiger partial charge in [0.1, 0.15) is 5.75 Å². The average Bonchev–Trinajstić information content (AvgIpc) is 2.80. The number of anilines is 1. The summed E-state index contributed by atoms with van der Waals surface area (Å²) in [7, 11) is 6.10. The minimum atomic E-state index is -0.167. The van der Waals surface area contributed by atoms with Gasteiger partial charge in [-0.05, 0) is 53.9 Å². The highest BCUT2D eigenvalue weighted by Gasteiger charge is 2.17. The molecule has 0 atom stereocenters. The largest absolute Gasteiger partial charge is 0.495 e. The Morgan fingerprint density at radius 2 is 1.65 bits per heavy atom. The van der Waals surface area contributed by atoms with Crippen molar-refractivity contribution in [3.63, 3.8) is 0 Å². The van der Waals surface area contributed by atoms with Crippen molar-refractivity contribution in [2.75, 3.05) is 40.3 Å². The molecule has 0 fully saturated rings. The van der Waals surface area contributed by atoms with Crippen molar-refractivity contribution in [3.05, 3.63) is 47.5 Å². The number of carbonyl (C=O) groups excluding carboxylic acids is 1. The average molecular weight is 425 g/mol. The Balaban J connectivity index is 2.56. The van der Waals surface area contributed by atoms with E-state index in [1.165, 1.54) is 34.5 Å². The summed E-state index contributed by atoms with van der Waals surface area (Å²) in [6, 6.07) is 10.9. The zero-order valence-electron chi connectivity index (χ0n) is 18.2. The zero-order chi connectivity index (χ0) is 22.8. The zero-order valence-corrected chi connectivity index (χ0v) is 18.2. The van der Waals surface area contributed by atoms with E-state index in [0.717, 1.165) is 0 Å². The highest BCUT2D eigenvalue weighted by molar-refractivity contribution is 5.94. The van der Waals surface area contributed by atoms with Crippen LogP contribution in [-0.4, -0.2) is 40.9 Å². The fraction of sp³-hybridized carbons (Fsp3) is 0.304. The van der Waals surface area contributed by atoms with E-state index in [9.17, 15) is 10.1 Å². The van der Waals surface area contributed by atoms with Crippen LogP contribution in [0.5, 0.6) is 23.0 Å². The topological polar surface area (TPSA) is 116 Å². The second kappa shape index (κ2) is 11.5. The van der Waals surface area contributed by atoms with Crippen LogP contribution in [0.4, 0.5) is 5.69 Å². The van der Waals surface area contributed by atoms with E-state index in [-0.39, 0.29) is 5.91 Å². The van der Waals surface area contributed by atoms with Gasteiger partial charge in [-0.3, -0.25) is 4.79 Å². The molecule has 2 aromatic carbocycles. The Hall–Kier alpha value is -3.70. The van der Waals surface area contributed by atoms with Crippen molar-refractivity contribution < 1.29 is 23.7 Å². The molecular formula is C23H27N3O5. The van der Waals surface area contributed by atoms with Crippen LogP contribution < -0.4 is 30.0 Å². The van der Waals surface area contributed by atoms with E-state index in [1.807, 2.05) is 0 Å². The lowest BCUT2D eigenvalue weighted by Gasteiger charge is -2.17. The number of benzene rings is 2. The van der Waals surface area contributed by atoms with Gasteiger partial charge in [0, 0.05) is 12.5 Å². The molecule has 1 amide bonds. The first-order chi connectivity index (χ1) is 15.0. The van der Waals surface area contributed by atoms with Crippen LogP contribution in [0.1, 0.15) is 24.0 Å². The summed E-state index contributed by atoms with van der Waals surface area (Å²) in [6.45, 7) is 0.431. The van der Waals surface area contributed by atoms with Crippen LogP contribution in [0, 0.1) is 11.3 Å². The molecule has 0 saturated carbocycles. The lowest BCUT2D eigenvalue weighted by Crippen LogP contribution is -2.14. The maximum Gasteiger partial charge on any atom is 0.224 e. The van der Waals surface area contributed by atoms with Crippen molar-refractivity contribution in [2.45, 2.75) is 12.8 Å². The fourth-order valence-electron chi connectivity index (χ4n) is 3.08. The third kappa shape index (κ3) is 5.68. The van der Waals surface area contributed by atoms with Gasteiger partial charge in [-0.15, -0.1) is 0 Å². The highest BCUT2D eigenvalue weighted by Crippen LogP contribution is 2.41. The van der Waals surface area contributed by atoms with Gasteiger partial charge in [-0.25, -0.2) is 0 Å². The smallest absolute Gasteiger partial charge is 0.224 e. The predicted octanol–water partition coefficient (Wildman–Crippen LogP) is 3.35. The number of nitrogens with one attached hydrogen (secondary N) is 1. The van der Waals surface area contributed by atoms with E-state index in [0.29, 0.717) is 64.8 Å². The predicted molar refractivity (Wildman–Crippen MR) is 119 cm³/mol. The number of nitrogens with two attached hydrogens (primary N) is 1. The molecule has 31 heavy (non-hydrogen) atoms. The van der Waals surface area contributed by atoms with Gasteiger partial charge in [0.15, 0.2) is 11.5 Å². The van der Waals surface area contributed by atoms with Crippen LogP contribution in [0.25, 0.3) is 5.57 Å². The molecule has 0 spiro atoms. The molecule has 0 aromatic heterocycles. The van der Waals surface area contributed by atoms with Crippen molar-refractivity contribution in [1.82, 2.24) is 0 Å². The molecular weight excluding hydrogens is 398 g/mol. The van der Waals surface area contributed by atoms with Crippen LogP contribution in [0.3, 0.4) is 0 Å². The van der Waals surface area contributed by atoms with Crippen LogP contribution in [0.15, 0.2) is 36.4 Å². The maximum atomic E-state index is 12.2. The van der Waals surface area contributed by atoms with Gasteiger partial charge in [0.25, 0.3) is 0 Å². The van der Waals surface area contributed by atoms with Gasteiger partial charge >= 0.3 is 0 Å². The number of nitrogens with zero attached hydrogens (tertiary/aromatic N) is 1. The summed E-state index contributed by atoms with van der Waals surface area (Å²) in [5, 5.41) is 12.3. The Labute approximate surface area is 182 Å². The molecule has 0 saturated heterocycles. The summed E-state index contributed by atoms with van der Waals surface area (Å²) >= 11 is 0. The molecule has 0 unspecified atom stereocenters. The molecule has 164 valence electrons. The lowest BCUT2D eigenvalue weighted by atomic mass is 9.96. The van der Waals surface area contributed by atoms with Gasteiger partial charge in [-0.1, -0.05) is 6.07 Å². The first kappa shape index (κ1) is 23.6. The number of ether oxygens (including phenoxy) is 4. The number of rotatable bonds is 10. The monoisotopic (exact) mass is 425 g/mol. The third-order valence-electron chi connectivity index (χ3n) is 4.58. The number of hydrogen-bond donors (Lipinski definition) is 2. The molecule has 0 heterocycles. The summed E-state index contributed by atoms with van der Waals surface area (Å²) < 4.78 is 21.6. The number of hydrogen-bond acceptors (Lipinski definition) is 7. The fourth-order valence-corrected chi connectivity index (χ4v) is 3.08. The Bertz CT molecular complexity index is 970. The molecule has 8 nitrogen and oxygen atoms in total.